The molecule has 2 aliphatic rings. The molecule has 1 nitrogen and oxygen atoms in total. The van der Waals surface area contributed by atoms with E-state index in [1.165, 1.54) is 32.1 Å². The lowest BCUT2D eigenvalue weighted by molar-refractivity contribution is 0.302. The van der Waals surface area contributed by atoms with Gasteiger partial charge in [0.25, 0.3) is 0 Å². The quantitative estimate of drug-likeness (QED) is 0.825. The first-order chi connectivity index (χ1) is 8.74. The van der Waals surface area contributed by atoms with Gasteiger partial charge in [0.05, 0.1) is 10.7 Å². The highest BCUT2D eigenvalue weighted by Gasteiger charge is 2.34. The molecule has 0 aromatic heterocycles. The van der Waals surface area contributed by atoms with Gasteiger partial charge in [-0.3, -0.25) is 0 Å². The van der Waals surface area contributed by atoms with E-state index >= 15 is 0 Å². The number of anilines is 1. The molecule has 1 aromatic carbocycles. The molecule has 1 aromatic rings. The van der Waals surface area contributed by atoms with Crippen molar-refractivity contribution in [1.29, 1.82) is 0 Å². The fourth-order valence-corrected chi connectivity index (χ4v) is 3.36. The van der Waals surface area contributed by atoms with E-state index in [0.717, 1.165) is 18.3 Å². The number of halogens is 2. The van der Waals surface area contributed by atoms with Crippen molar-refractivity contribution in [2.45, 2.75) is 44.6 Å². The Morgan fingerprint density at radius 1 is 1.11 bits per heavy atom. The van der Waals surface area contributed by atoms with E-state index in [0.29, 0.717) is 11.7 Å². The highest BCUT2D eigenvalue weighted by atomic mass is 35.5. The van der Waals surface area contributed by atoms with E-state index in [9.17, 15) is 4.39 Å². The van der Waals surface area contributed by atoms with Crippen molar-refractivity contribution < 1.29 is 4.39 Å². The summed E-state index contributed by atoms with van der Waals surface area (Å²) < 4.78 is 13.8. The summed E-state index contributed by atoms with van der Waals surface area (Å²) in [6.45, 7) is 0. The normalized spacial score (nSPS) is 28.1. The lowest BCUT2D eigenvalue weighted by atomic mass is 9.82. The van der Waals surface area contributed by atoms with Crippen LogP contribution in [0.3, 0.4) is 0 Å². The molecule has 2 atom stereocenters. The molecular formula is C15H19ClFN. The topological polar surface area (TPSA) is 12.0 Å². The van der Waals surface area contributed by atoms with E-state index in [2.05, 4.69) is 5.32 Å². The van der Waals surface area contributed by atoms with E-state index in [-0.39, 0.29) is 10.8 Å². The summed E-state index contributed by atoms with van der Waals surface area (Å²) in [7, 11) is 0. The number of rotatable bonds is 3. The Kier molecular flexibility index (Phi) is 3.47. The Morgan fingerprint density at radius 2 is 1.94 bits per heavy atom. The van der Waals surface area contributed by atoms with Crippen LogP contribution in [0, 0.1) is 17.7 Å². The molecule has 0 saturated heterocycles. The lowest BCUT2D eigenvalue weighted by Crippen LogP contribution is -2.28. The second-order valence-corrected chi connectivity index (χ2v) is 6.11. The van der Waals surface area contributed by atoms with Crippen LogP contribution in [-0.2, 0) is 0 Å². The summed E-state index contributed by atoms with van der Waals surface area (Å²) in [5.41, 5.74) is 0.559. The molecule has 18 heavy (non-hydrogen) atoms. The molecule has 3 rings (SSSR count). The lowest BCUT2D eigenvalue weighted by Gasteiger charge is -2.30. The van der Waals surface area contributed by atoms with Gasteiger partial charge >= 0.3 is 0 Å². The smallest absolute Gasteiger partial charge is 0.164 e. The molecule has 3 heteroatoms. The Balaban J connectivity index is 1.66. The predicted octanol–water partition coefficient (Wildman–Crippen LogP) is 4.86. The van der Waals surface area contributed by atoms with Crippen LogP contribution in [0.4, 0.5) is 10.1 Å². The number of hydrogen-bond donors (Lipinski definition) is 1. The molecule has 0 spiro atoms. The minimum atomic E-state index is -0.312. The van der Waals surface area contributed by atoms with Crippen LogP contribution in [0.15, 0.2) is 18.2 Å². The molecule has 2 unspecified atom stereocenters. The molecule has 0 heterocycles. The highest BCUT2D eigenvalue weighted by Crippen LogP contribution is 2.44. The number of benzene rings is 1. The van der Waals surface area contributed by atoms with Gasteiger partial charge in [0.1, 0.15) is 0 Å². The summed E-state index contributed by atoms with van der Waals surface area (Å²) in [4.78, 5) is 0. The molecule has 2 saturated carbocycles. The first kappa shape index (κ1) is 12.3. The van der Waals surface area contributed by atoms with Crippen LogP contribution in [0.1, 0.15) is 38.5 Å². The second kappa shape index (κ2) is 5.08. The van der Waals surface area contributed by atoms with Crippen molar-refractivity contribution in [3.63, 3.8) is 0 Å². The maximum absolute atomic E-state index is 13.8. The van der Waals surface area contributed by atoms with Gasteiger partial charge in [0.2, 0.25) is 0 Å². The van der Waals surface area contributed by atoms with Crippen molar-refractivity contribution in [2.24, 2.45) is 11.8 Å². The first-order valence-corrected chi connectivity index (χ1v) is 7.32. The third-order valence-electron chi connectivity index (χ3n) is 4.31. The molecular weight excluding hydrogens is 249 g/mol. The standard InChI is InChI=1S/C15H19ClFN/c16-13-5-2-6-14(15(13)17)18-12-4-1-3-11(9-12)10-7-8-10/h2,5-6,10-12,18H,1,3-4,7-9H2. The van der Waals surface area contributed by atoms with Crippen LogP contribution in [0.25, 0.3) is 0 Å². The van der Waals surface area contributed by atoms with Crippen molar-refractivity contribution >= 4 is 17.3 Å². The first-order valence-electron chi connectivity index (χ1n) is 6.94. The van der Waals surface area contributed by atoms with Gasteiger partial charge < -0.3 is 5.32 Å². The zero-order valence-electron chi connectivity index (χ0n) is 10.5. The number of nitrogens with one attached hydrogen (secondary N) is 1. The largest absolute Gasteiger partial charge is 0.380 e. The van der Waals surface area contributed by atoms with E-state index < -0.39 is 0 Å². The Hall–Kier alpha value is -0.760. The predicted molar refractivity (Wildman–Crippen MR) is 73.5 cm³/mol. The van der Waals surface area contributed by atoms with Gasteiger partial charge in [-0.15, -0.1) is 0 Å². The maximum atomic E-state index is 13.8. The molecule has 2 aliphatic carbocycles. The van der Waals surface area contributed by atoms with Gasteiger partial charge in [-0.05, 0) is 49.7 Å². The zero-order chi connectivity index (χ0) is 12.5. The van der Waals surface area contributed by atoms with Gasteiger partial charge in [-0.2, -0.15) is 0 Å². The molecule has 0 radical (unpaired) electrons. The minimum Gasteiger partial charge on any atom is -0.380 e. The molecule has 0 bridgehead atoms. The summed E-state index contributed by atoms with van der Waals surface area (Å²) in [6.07, 6.45) is 7.78. The van der Waals surface area contributed by atoms with Crippen LogP contribution in [0.5, 0.6) is 0 Å². The van der Waals surface area contributed by atoms with E-state index in [1.54, 1.807) is 18.2 Å². The Morgan fingerprint density at radius 3 is 2.72 bits per heavy atom. The third-order valence-corrected chi connectivity index (χ3v) is 4.61. The van der Waals surface area contributed by atoms with Crippen molar-refractivity contribution in [1.82, 2.24) is 0 Å². The van der Waals surface area contributed by atoms with Gasteiger partial charge in [0, 0.05) is 6.04 Å². The zero-order valence-corrected chi connectivity index (χ0v) is 11.2. The van der Waals surface area contributed by atoms with Crippen molar-refractivity contribution in [3.8, 4) is 0 Å². The SMILES string of the molecule is Fc1c(Cl)cccc1NC1CCCC(C2CC2)C1. The monoisotopic (exact) mass is 267 g/mol. The summed E-state index contributed by atoms with van der Waals surface area (Å²) in [6, 6.07) is 5.59. The van der Waals surface area contributed by atoms with E-state index in [1.807, 2.05) is 0 Å². The average Bonchev–Trinajstić information content (AvgIpc) is 3.20. The van der Waals surface area contributed by atoms with Gasteiger partial charge in [-0.25, -0.2) is 4.39 Å². The molecule has 0 aliphatic heterocycles. The van der Waals surface area contributed by atoms with Gasteiger partial charge in [-0.1, -0.05) is 30.5 Å². The third kappa shape index (κ3) is 2.64. The summed E-state index contributed by atoms with van der Waals surface area (Å²) >= 11 is 5.81. The summed E-state index contributed by atoms with van der Waals surface area (Å²) in [5, 5.41) is 3.55. The van der Waals surface area contributed by atoms with E-state index in [4.69, 9.17) is 11.6 Å². The Labute approximate surface area is 113 Å². The van der Waals surface area contributed by atoms with Crippen LogP contribution < -0.4 is 5.32 Å². The average molecular weight is 268 g/mol. The molecule has 1 N–H and O–H groups in total. The fourth-order valence-electron chi connectivity index (χ4n) is 3.19. The second-order valence-electron chi connectivity index (χ2n) is 5.71. The summed E-state index contributed by atoms with van der Waals surface area (Å²) in [5.74, 6) is 1.50. The van der Waals surface area contributed by atoms with Crippen LogP contribution >= 0.6 is 11.6 Å². The van der Waals surface area contributed by atoms with Gasteiger partial charge in [0.15, 0.2) is 5.82 Å². The van der Waals surface area contributed by atoms with Crippen LogP contribution in [-0.4, -0.2) is 6.04 Å². The molecule has 2 fully saturated rings. The van der Waals surface area contributed by atoms with Crippen LogP contribution in [0.2, 0.25) is 5.02 Å². The van der Waals surface area contributed by atoms with Crippen molar-refractivity contribution in [2.75, 3.05) is 5.32 Å². The molecule has 98 valence electrons. The maximum Gasteiger partial charge on any atom is 0.164 e. The number of hydrogen-bond acceptors (Lipinski definition) is 1. The molecule has 0 amide bonds. The fraction of sp³-hybridized carbons (Fsp3) is 0.600. The highest BCUT2D eigenvalue weighted by molar-refractivity contribution is 6.31. The Bertz CT molecular complexity index is 431. The van der Waals surface area contributed by atoms with Crippen molar-refractivity contribution in [3.05, 3.63) is 29.0 Å². The minimum absolute atomic E-state index is 0.203.